The van der Waals surface area contributed by atoms with Gasteiger partial charge in [-0.3, -0.25) is 0 Å². The second-order valence-electron chi connectivity index (χ2n) is 0. The van der Waals surface area contributed by atoms with Crippen molar-refractivity contribution in [3.63, 3.8) is 0 Å². The summed E-state index contributed by atoms with van der Waals surface area (Å²) in [7, 11) is 0. The molecule has 0 aliphatic rings. The monoisotopic (exact) mass is 548 g/mol. The molecule has 0 saturated heterocycles. The van der Waals surface area contributed by atoms with Gasteiger partial charge in [-0.2, -0.15) is 0 Å². The molecule has 0 nitrogen and oxygen atoms in total. The van der Waals surface area contributed by atoms with E-state index in [1.165, 1.54) is 0 Å². The molecule has 0 fully saturated rings. The average Bonchev–Trinajstić information content (AvgIpc) is 0. The molecule has 17 radical (unpaired) electrons. The molecule has 0 N–H and O–H groups in total. The van der Waals surface area contributed by atoms with E-state index in [4.69, 9.17) is 0 Å². The Balaban J connectivity index is 0. The summed E-state index contributed by atoms with van der Waals surface area (Å²) in [4.78, 5) is 0. The molecule has 0 aliphatic carbocycles. The Kier molecular flexibility index (Phi) is 675. The Hall–Kier alpha value is 4.35. The van der Waals surface area contributed by atoms with Gasteiger partial charge in [0, 0.05) is 145 Å². The van der Waals surface area contributed by atoms with Crippen LogP contribution in [0.2, 0.25) is 0 Å². The average molecular weight is 549 g/mol. The molecule has 0 aromatic carbocycles. The Morgan fingerprint density at radius 3 is 0.250 bits per heavy atom. The van der Waals surface area contributed by atoms with Gasteiger partial charge in [0.25, 0.3) is 0 Å². The third-order valence-electron chi connectivity index (χ3n) is 0. The first-order chi connectivity index (χ1) is 0. The molecule has 8 heavy (non-hydrogen) atoms. The van der Waals surface area contributed by atoms with E-state index >= 15 is 0 Å². The molecule has 0 unspecified atom stereocenters. The molecule has 0 heterocycles. The van der Waals surface area contributed by atoms with Gasteiger partial charge in [-0.05, 0) is 0 Å². The van der Waals surface area contributed by atoms with Crippen LogP contribution < -0.4 is 0 Å². The Morgan fingerprint density at radius 2 is 0.250 bits per heavy atom. The van der Waals surface area contributed by atoms with Crippen LogP contribution in [0.1, 0.15) is 0 Å². The molecule has 0 spiro atoms. The maximum atomic E-state index is 0. The van der Waals surface area contributed by atoms with Gasteiger partial charge in [-0.25, -0.2) is 0 Å². The van der Waals surface area contributed by atoms with E-state index in [1.807, 2.05) is 0 Å². The largest absolute Gasteiger partial charge is 0 e. The van der Waals surface area contributed by atoms with E-state index in [2.05, 4.69) is 0 Å². The molecule has 0 rings (SSSR count). The van der Waals surface area contributed by atoms with Crippen molar-refractivity contribution in [1.82, 2.24) is 0 Å². The second-order valence-corrected chi connectivity index (χ2v) is 0. The summed E-state index contributed by atoms with van der Waals surface area (Å²) in [6, 6.07) is 0. The van der Waals surface area contributed by atoms with E-state index in [9.17, 15) is 0 Å². The van der Waals surface area contributed by atoms with Crippen molar-refractivity contribution in [3.8, 4) is 0 Å². The molecule has 0 aromatic heterocycles. The summed E-state index contributed by atoms with van der Waals surface area (Å²) in [5.41, 5.74) is 0. The van der Waals surface area contributed by atoms with Gasteiger partial charge in [0.2, 0.25) is 0 Å². The molecular weight excluding hydrogens is 549 g/mol. The minimum atomic E-state index is 0. The number of hydrogen-bond donors (Lipinski definition) is 0. The van der Waals surface area contributed by atoms with Gasteiger partial charge in [-0.15, -0.1) is 0 Å². The fraction of sp³-hybridized carbons (Fsp3) is 0. The summed E-state index contributed by atoms with van der Waals surface area (Å²) in [5.74, 6) is 0. The van der Waals surface area contributed by atoms with Crippen molar-refractivity contribution in [3.05, 3.63) is 0 Å². The molecule has 0 aliphatic heterocycles. The third-order valence-corrected chi connectivity index (χ3v) is 0. The molecule has 37 valence electrons. The van der Waals surface area contributed by atoms with Gasteiger partial charge in [-0.1, -0.05) is 0 Å². The first-order valence-electron chi connectivity index (χ1n) is 0. The minimum absolute atomic E-state index is 0. The van der Waals surface area contributed by atoms with Crippen molar-refractivity contribution in [1.29, 1.82) is 0 Å². The zero-order chi connectivity index (χ0) is 0. The van der Waals surface area contributed by atoms with Gasteiger partial charge < -0.3 is 0 Å². The molecule has 8 heteroatoms. The first-order valence-corrected chi connectivity index (χ1v) is 0. The summed E-state index contributed by atoms with van der Waals surface area (Å²) >= 11 is 0. The Labute approximate surface area is 142 Å². The minimum Gasteiger partial charge on any atom is 0 e. The van der Waals surface area contributed by atoms with Crippen LogP contribution in [-0.4, -0.2) is 32.9 Å². The third kappa shape index (κ3) is 47.8. The Morgan fingerprint density at radius 1 is 0.250 bits per heavy atom. The van der Waals surface area contributed by atoms with E-state index in [-0.39, 0.29) is 145 Å². The molecule has 0 amide bonds. The van der Waals surface area contributed by atoms with Crippen LogP contribution in [0.25, 0.3) is 0 Å². The SMILES string of the molecule is [Nb].[Nb].[Nb].[Nb].[Nb].[Si].[Si].[Si]. The van der Waals surface area contributed by atoms with Crippen molar-refractivity contribution in [2.45, 2.75) is 0 Å². The maximum absolute atomic E-state index is 0. The van der Waals surface area contributed by atoms with Crippen LogP contribution in [0, 0.1) is 0 Å². The summed E-state index contributed by atoms with van der Waals surface area (Å²) in [6.07, 6.45) is 0. The summed E-state index contributed by atoms with van der Waals surface area (Å²) in [6.45, 7) is 0. The zero-order valence-electron chi connectivity index (χ0n) is 3.74. The van der Waals surface area contributed by atoms with Gasteiger partial charge >= 0.3 is 0 Å². The summed E-state index contributed by atoms with van der Waals surface area (Å²) in [5, 5.41) is 0. The topological polar surface area (TPSA) is 0 Å². The van der Waals surface area contributed by atoms with Crippen molar-refractivity contribution >= 4 is 32.9 Å². The fourth-order valence-corrected chi connectivity index (χ4v) is 0. The van der Waals surface area contributed by atoms with E-state index in [0.717, 1.165) is 0 Å². The van der Waals surface area contributed by atoms with Crippen LogP contribution in [0.3, 0.4) is 0 Å². The molecule has 0 saturated carbocycles. The van der Waals surface area contributed by atoms with E-state index in [0.29, 0.717) is 0 Å². The van der Waals surface area contributed by atoms with Crippen molar-refractivity contribution in [2.24, 2.45) is 0 Å². The van der Waals surface area contributed by atoms with Crippen molar-refractivity contribution < 1.29 is 112 Å². The van der Waals surface area contributed by atoms with Crippen LogP contribution in [0.4, 0.5) is 0 Å². The quantitative estimate of drug-likeness (QED) is 0.336. The summed E-state index contributed by atoms with van der Waals surface area (Å²) < 4.78 is 0. The predicted molar refractivity (Wildman–Crippen MR) is 17.3 cm³/mol. The van der Waals surface area contributed by atoms with E-state index < -0.39 is 0 Å². The zero-order valence-corrected chi connectivity index (χ0v) is 17.7. The fourth-order valence-electron chi connectivity index (χ4n) is 0. The van der Waals surface area contributed by atoms with Crippen LogP contribution in [0.15, 0.2) is 0 Å². The van der Waals surface area contributed by atoms with Crippen LogP contribution >= 0.6 is 0 Å². The normalized spacial score (nSPS) is 0. The standard InChI is InChI=1S/5Nb.3Si. The Bertz CT molecular complexity index is 7.64. The van der Waals surface area contributed by atoms with Gasteiger partial charge in [0.15, 0.2) is 0 Å². The molecule has 0 atom stereocenters. The number of hydrogen-bond acceptors (Lipinski definition) is 0. The predicted octanol–water partition coefficient (Wildman–Crippen LogP) is -1.15. The van der Waals surface area contributed by atoms with Crippen LogP contribution in [0.5, 0.6) is 0 Å². The maximum Gasteiger partial charge on any atom is 0 e. The van der Waals surface area contributed by atoms with Crippen molar-refractivity contribution in [2.75, 3.05) is 0 Å². The van der Waals surface area contributed by atoms with E-state index in [1.54, 1.807) is 0 Å². The van der Waals surface area contributed by atoms with Gasteiger partial charge in [0.1, 0.15) is 0 Å². The second kappa shape index (κ2) is 64.2. The van der Waals surface area contributed by atoms with Gasteiger partial charge in [0.05, 0.1) is 0 Å². The molecule has 0 bridgehead atoms. The first kappa shape index (κ1) is 84.0. The number of rotatable bonds is 0. The van der Waals surface area contributed by atoms with Crippen LogP contribution in [-0.2, 0) is 112 Å². The molecule has 0 aromatic rings. The smallest absolute Gasteiger partial charge is 0 e. The molecular formula is Nb5Si3.